The molecule has 0 aliphatic carbocycles. The summed E-state index contributed by atoms with van der Waals surface area (Å²) in [6, 6.07) is 0.450. The summed E-state index contributed by atoms with van der Waals surface area (Å²) in [4.78, 5) is 47.2. The summed E-state index contributed by atoms with van der Waals surface area (Å²) in [6.45, 7) is 0. The van der Waals surface area contributed by atoms with Crippen LogP contribution in [-0.2, 0) is 20.4 Å². The van der Waals surface area contributed by atoms with Crippen LogP contribution < -0.4 is 21.3 Å². The zero-order chi connectivity index (χ0) is 22.7. The van der Waals surface area contributed by atoms with Crippen LogP contribution in [0, 0.1) is 0 Å². The van der Waals surface area contributed by atoms with Gasteiger partial charge in [-0.05, 0) is 25.7 Å². The lowest BCUT2D eigenvalue weighted by Gasteiger charge is -2.16. The second-order valence-electron chi connectivity index (χ2n) is 8.75. The summed E-state index contributed by atoms with van der Waals surface area (Å²) >= 11 is 3.66. The van der Waals surface area contributed by atoms with Gasteiger partial charge in [-0.2, -0.15) is 23.5 Å². The number of unbranched alkanes of at least 4 members (excludes halogenated alkanes) is 2. The van der Waals surface area contributed by atoms with Crippen molar-refractivity contribution in [2.45, 2.75) is 86.0 Å². The third-order valence-corrected chi connectivity index (χ3v) is 10.8. The smallest absolute Gasteiger partial charge is 0.315 e. The first-order valence-electron chi connectivity index (χ1n) is 11.3. The van der Waals surface area contributed by atoms with Gasteiger partial charge in [0, 0.05) is 34.8 Å². The number of carbonyl (C=O) groups is 4. The van der Waals surface area contributed by atoms with E-state index in [0.29, 0.717) is 23.3 Å². The van der Waals surface area contributed by atoms with Crippen LogP contribution >= 0.6 is 23.5 Å². The summed E-state index contributed by atoms with van der Waals surface area (Å²) in [5.74, 6) is 1.80. The van der Waals surface area contributed by atoms with Gasteiger partial charge in [0.15, 0.2) is 10.8 Å². The number of hydrogen-bond donors (Lipinski definition) is 4. The van der Waals surface area contributed by atoms with Gasteiger partial charge in [0.25, 0.3) is 0 Å². The van der Waals surface area contributed by atoms with Gasteiger partial charge in [0.1, 0.15) is 0 Å². The van der Waals surface area contributed by atoms with E-state index in [4.69, 9.17) is 0 Å². The third kappa shape index (κ3) is 5.61. The summed E-state index contributed by atoms with van der Waals surface area (Å²) < 4.78 is 12.2. The standard InChI is InChI=1S/C20H30N4O5S3/c25-15(7-3-1-5-13-17-11(9-30-13)21-19(27)23-17)32(29)16(26)8-4-2-6-14-18-12(10-31-14)22-20(28)24-18/h11-14,17-18H,1-10H2,(H2,21,23,27)(H2,22,24,28)/t11-,12-,13-,14-,17-,18-/m0/s1. The normalized spacial score (nSPS) is 32.8. The molecular weight excluding hydrogens is 472 g/mol. The highest BCUT2D eigenvalue weighted by molar-refractivity contribution is 8.13. The lowest BCUT2D eigenvalue weighted by atomic mass is 10.0. The van der Waals surface area contributed by atoms with Crippen molar-refractivity contribution in [3.8, 4) is 0 Å². The number of urea groups is 2. The molecule has 4 heterocycles. The second kappa shape index (κ2) is 10.8. The molecule has 0 aromatic rings. The van der Waals surface area contributed by atoms with Gasteiger partial charge < -0.3 is 21.3 Å². The van der Waals surface area contributed by atoms with Crippen LogP contribution in [0.5, 0.6) is 0 Å². The fourth-order valence-corrected chi connectivity index (χ4v) is 8.83. The lowest BCUT2D eigenvalue weighted by Crippen LogP contribution is -2.36. The molecule has 0 spiro atoms. The highest BCUT2D eigenvalue weighted by Crippen LogP contribution is 2.34. The monoisotopic (exact) mass is 502 g/mol. The van der Waals surface area contributed by atoms with E-state index in [1.807, 2.05) is 23.5 Å². The SMILES string of the molecule is O=C1N[C@H]2[C@H](CS[C@H]2CCCCC(=O)S(=O)C(=O)CCCC[C@@H]2SC[C@@H]3NC(=O)N[C@@H]32)N1. The fourth-order valence-electron chi connectivity index (χ4n) is 4.83. The molecule has 0 radical (unpaired) electrons. The Bertz CT molecular complexity index is 735. The minimum Gasteiger partial charge on any atom is -0.332 e. The molecule has 9 nitrogen and oxygen atoms in total. The van der Waals surface area contributed by atoms with E-state index in [1.54, 1.807) is 0 Å². The first-order chi connectivity index (χ1) is 15.4. The molecule has 12 heteroatoms. The molecule has 4 aliphatic heterocycles. The van der Waals surface area contributed by atoms with Crippen LogP contribution in [0.1, 0.15) is 51.4 Å². The van der Waals surface area contributed by atoms with Crippen LogP contribution in [0.15, 0.2) is 0 Å². The molecule has 32 heavy (non-hydrogen) atoms. The number of nitrogens with one attached hydrogen (secondary N) is 4. The summed E-state index contributed by atoms with van der Waals surface area (Å²) in [6.07, 6.45) is 4.91. The average molecular weight is 503 g/mol. The molecule has 4 aliphatic rings. The molecule has 4 saturated heterocycles. The van der Waals surface area contributed by atoms with E-state index < -0.39 is 21.0 Å². The van der Waals surface area contributed by atoms with Gasteiger partial charge in [0.2, 0.25) is 10.2 Å². The van der Waals surface area contributed by atoms with Gasteiger partial charge in [0.05, 0.1) is 24.2 Å². The maximum Gasteiger partial charge on any atom is 0.315 e. The highest BCUT2D eigenvalue weighted by atomic mass is 32.2. The van der Waals surface area contributed by atoms with Crippen LogP contribution in [0.4, 0.5) is 9.59 Å². The van der Waals surface area contributed by atoms with E-state index in [9.17, 15) is 23.4 Å². The molecule has 4 N–H and O–H groups in total. The van der Waals surface area contributed by atoms with E-state index in [0.717, 1.165) is 37.2 Å². The molecule has 0 bridgehead atoms. The Morgan fingerprint density at radius 2 is 1.19 bits per heavy atom. The van der Waals surface area contributed by atoms with Gasteiger partial charge in [-0.25, -0.2) is 13.8 Å². The maximum absolute atomic E-state index is 12.2. The Morgan fingerprint density at radius 1 is 0.750 bits per heavy atom. The number of fused-ring (bicyclic) bond motifs is 2. The quantitative estimate of drug-likeness (QED) is 0.261. The Balaban J connectivity index is 1.07. The second-order valence-corrected chi connectivity index (χ2v) is 12.7. The van der Waals surface area contributed by atoms with Crippen LogP contribution in [-0.4, -0.2) is 72.7 Å². The van der Waals surface area contributed by atoms with Crippen LogP contribution in [0.25, 0.3) is 0 Å². The first kappa shape index (κ1) is 23.9. The van der Waals surface area contributed by atoms with Crippen LogP contribution in [0.3, 0.4) is 0 Å². The Kier molecular flexibility index (Phi) is 8.04. The molecule has 0 aromatic carbocycles. The van der Waals surface area contributed by atoms with Crippen molar-refractivity contribution in [3.63, 3.8) is 0 Å². The highest BCUT2D eigenvalue weighted by Gasteiger charge is 2.43. The molecule has 4 rings (SSSR count). The van der Waals surface area contributed by atoms with Crippen molar-refractivity contribution in [3.05, 3.63) is 0 Å². The Morgan fingerprint density at radius 3 is 1.62 bits per heavy atom. The predicted molar refractivity (Wildman–Crippen MR) is 126 cm³/mol. The maximum atomic E-state index is 12.2. The van der Waals surface area contributed by atoms with Crippen molar-refractivity contribution >= 4 is 56.6 Å². The number of amides is 4. The van der Waals surface area contributed by atoms with E-state index in [2.05, 4.69) is 21.3 Å². The number of carbonyl (C=O) groups excluding carboxylic acids is 4. The van der Waals surface area contributed by atoms with Crippen LogP contribution in [0.2, 0.25) is 0 Å². The minimum absolute atomic E-state index is 0.108. The van der Waals surface area contributed by atoms with E-state index >= 15 is 0 Å². The van der Waals surface area contributed by atoms with Crippen molar-refractivity contribution < 1.29 is 23.4 Å². The zero-order valence-corrected chi connectivity index (χ0v) is 20.3. The van der Waals surface area contributed by atoms with Crippen molar-refractivity contribution in [1.29, 1.82) is 0 Å². The molecule has 0 saturated carbocycles. The van der Waals surface area contributed by atoms with Gasteiger partial charge in [-0.1, -0.05) is 12.8 Å². The Hall–Kier alpha value is -1.27. The molecule has 0 unspecified atom stereocenters. The zero-order valence-electron chi connectivity index (χ0n) is 17.8. The third-order valence-electron chi connectivity index (χ3n) is 6.53. The molecule has 4 amide bonds. The molecule has 0 aromatic heterocycles. The largest absolute Gasteiger partial charge is 0.332 e. The van der Waals surface area contributed by atoms with Crippen molar-refractivity contribution in [1.82, 2.24) is 21.3 Å². The summed E-state index contributed by atoms with van der Waals surface area (Å²) in [7, 11) is -2.06. The number of rotatable bonds is 10. The molecule has 178 valence electrons. The van der Waals surface area contributed by atoms with Gasteiger partial charge in [-0.15, -0.1) is 0 Å². The van der Waals surface area contributed by atoms with Gasteiger partial charge in [-0.3, -0.25) is 9.59 Å². The topological polar surface area (TPSA) is 133 Å². The Labute approximate surface area is 198 Å². The number of thioether (sulfide) groups is 2. The predicted octanol–water partition coefficient (Wildman–Crippen LogP) is 1.24. The van der Waals surface area contributed by atoms with E-state index in [-0.39, 0.29) is 49.1 Å². The van der Waals surface area contributed by atoms with Crippen molar-refractivity contribution in [2.24, 2.45) is 0 Å². The fraction of sp³-hybridized carbons (Fsp3) is 0.800. The minimum atomic E-state index is -2.06. The molecule has 6 atom stereocenters. The first-order valence-corrected chi connectivity index (χ1v) is 14.5. The molecular formula is C20H30N4O5S3. The van der Waals surface area contributed by atoms with E-state index in [1.165, 1.54) is 0 Å². The van der Waals surface area contributed by atoms with Crippen molar-refractivity contribution in [2.75, 3.05) is 11.5 Å². The van der Waals surface area contributed by atoms with Gasteiger partial charge >= 0.3 is 12.1 Å². The molecule has 4 fully saturated rings. The summed E-state index contributed by atoms with van der Waals surface area (Å²) in [5, 5.41) is 11.4. The average Bonchev–Trinajstić information content (AvgIpc) is 3.50. The number of hydrogen-bond acceptors (Lipinski definition) is 7. The lowest BCUT2D eigenvalue weighted by molar-refractivity contribution is -0.114. The summed E-state index contributed by atoms with van der Waals surface area (Å²) in [5.41, 5.74) is 0.